The van der Waals surface area contributed by atoms with Gasteiger partial charge in [0.2, 0.25) is 15.9 Å². The van der Waals surface area contributed by atoms with Gasteiger partial charge in [0, 0.05) is 20.5 Å². The van der Waals surface area contributed by atoms with Gasteiger partial charge in [0.25, 0.3) is 0 Å². The number of primary sulfonamides is 1. The molecule has 7 heteroatoms. The Morgan fingerprint density at radius 1 is 1.29 bits per heavy atom. The number of amides is 1. The first-order valence-electron chi connectivity index (χ1n) is 8.38. The highest BCUT2D eigenvalue weighted by Crippen LogP contribution is 2.49. The van der Waals surface area contributed by atoms with Crippen molar-refractivity contribution in [3.05, 3.63) is 18.2 Å². The molecule has 2 aliphatic carbocycles. The Morgan fingerprint density at radius 2 is 2.04 bits per heavy atom. The number of carbonyl (C=O) groups excluding carboxylic acids is 1. The standard InChI is InChI=1S/C17H25N3O3S/c1-20(2)16-6-5-14(24(18,22)23)10-15(16)19-17(21)9-13-8-11-3-4-12(13)7-11/h5-6,10-13H,3-4,7-9H2,1-2H3,(H,19,21)(H2,18,22,23). The number of nitrogens with two attached hydrogens (primary N) is 1. The molecule has 1 aromatic rings. The zero-order valence-corrected chi connectivity index (χ0v) is 15.0. The van der Waals surface area contributed by atoms with E-state index in [0.29, 0.717) is 23.9 Å². The maximum Gasteiger partial charge on any atom is 0.238 e. The van der Waals surface area contributed by atoms with E-state index in [0.717, 1.165) is 18.0 Å². The number of carbonyl (C=O) groups is 1. The normalized spacial score (nSPS) is 25.7. The summed E-state index contributed by atoms with van der Waals surface area (Å²) in [5.74, 6) is 1.90. The molecule has 3 N–H and O–H groups in total. The van der Waals surface area contributed by atoms with E-state index in [1.54, 1.807) is 6.07 Å². The molecular weight excluding hydrogens is 326 g/mol. The van der Waals surface area contributed by atoms with E-state index in [9.17, 15) is 13.2 Å². The molecule has 0 saturated heterocycles. The predicted octanol–water partition coefficient (Wildman–Crippen LogP) is 2.16. The van der Waals surface area contributed by atoms with Crippen molar-refractivity contribution in [2.24, 2.45) is 22.9 Å². The van der Waals surface area contributed by atoms with E-state index in [2.05, 4.69) is 5.32 Å². The minimum Gasteiger partial charge on any atom is -0.376 e. The van der Waals surface area contributed by atoms with Gasteiger partial charge in [-0.3, -0.25) is 4.79 Å². The summed E-state index contributed by atoms with van der Waals surface area (Å²) in [6, 6.07) is 4.55. The summed E-state index contributed by atoms with van der Waals surface area (Å²) in [6.07, 6.45) is 5.47. The quantitative estimate of drug-likeness (QED) is 0.850. The summed E-state index contributed by atoms with van der Waals surface area (Å²) in [4.78, 5) is 14.3. The van der Waals surface area contributed by atoms with Gasteiger partial charge < -0.3 is 10.2 Å². The molecule has 3 rings (SSSR count). The number of nitrogens with one attached hydrogen (secondary N) is 1. The molecule has 3 atom stereocenters. The van der Waals surface area contributed by atoms with Gasteiger partial charge in [0.15, 0.2) is 0 Å². The number of rotatable bonds is 5. The Hall–Kier alpha value is -1.60. The summed E-state index contributed by atoms with van der Waals surface area (Å²) in [5.41, 5.74) is 1.24. The molecular formula is C17H25N3O3S. The number of hydrogen-bond donors (Lipinski definition) is 2. The average Bonchev–Trinajstić information content (AvgIpc) is 3.08. The predicted molar refractivity (Wildman–Crippen MR) is 94.3 cm³/mol. The van der Waals surface area contributed by atoms with Gasteiger partial charge in [-0.2, -0.15) is 0 Å². The summed E-state index contributed by atoms with van der Waals surface area (Å²) in [6.45, 7) is 0. The zero-order chi connectivity index (χ0) is 17.5. The van der Waals surface area contributed by atoms with Gasteiger partial charge >= 0.3 is 0 Å². The average molecular weight is 351 g/mol. The second kappa shape index (κ2) is 6.37. The fraction of sp³-hybridized carbons (Fsp3) is 0.588. The molecule has 0 spiro atoms. The van der Waals surface area contributed by atoms with E-state index in [1.165, 1.54) is 31.4 Å². The van der Waals surface area contributed by atoms with Gasteiger partial charge in [0.05, 0.1) is 16.3 Å². The third-order valence-electron chi connectivity index (χ3n) is 5.38. The van der Waals surface area contributed by atoms with E-state index < -0.39 is 10.0 Å². The molecule has 0 aromatic heterocycles. The highest BCUT2D eigenvalue weighted by Gasteiger charge is 2.40. The van der Waals surface area contributed by atoms with Crippen molar-refractivity contribution in [1.82, 2.24) is 0 Å². The molecule has 6 nitrogen and oxygen atoms in total. The second-order valence-electron chi connectivity index (χ2n) is 7.31. The van der Waals surface area contributed by atoms with Crippen LogP contribution in [0.5, 0.6) is 0 Å². The minimum absolute atomic E-state index is 0.00308. The van der Waals surface area contributed by atoms with Crippen molar-refractivity contribution in [1.29, 1.82) is 0 Å². The first kappa shape index (κ1) is 17.2. The Kier molecular flexibility index (Phi) is 4.57. The Bertz CT molecular complexity index is 745. The third kappa shape index (κ3) is 3.57. The molecule has 2 fully saturated rings. The van der Waals surface area contributed by atoms with Gasteiger partial charge in [-0.05, 0) is 55.2 Å². The Morgan fingerprint density at radius 3 is 2.58 bits per heavy atom. The summed E-state index contributed by atoms with van der Waals surface area (Å²) in [5, 5.41) is 8.09. The number of nitrogens with zero attached hydrogens (tertiary/aromatic N) is 1. The van der Waals surface area contributed by atoms with Crippen LogP contribution >= 0.6 is 0 Å². The van der Waals surface area contributed by atoms with Crippen molar-refractivity contribution in [3.8, 4) is 0 Å². The van der Waals surface area contributed by atoms with E-state index in [-0.39, 0.29) is 10.8 Å². The van der Waals surface area contributed by atoms with Gasteiger partial charge in [0.1, 0.15) is 0 Å². The first-order chi connectivity index (χ1) is 11.2. The monoisotopic (exact) mass is 351 g/mol. The van der Waals surface area contributed by atoms with Crippen molar-refractivity contribution in [3.63, 3.8) is 0 Å². The number of fused-ring (bicyclic) bond motifs is 2. The zero-order valence-electron chi connectivity index (χ0n) is 14.2. The fourth-order valence-corrected chi connectivity index (χ4v) is 4.79. The van der Waals surface area contributed by atoms with Crippen LogP contribution in [0.2, 0.25) is 0 Å². The van der Waals surface area contributed by atoms with Crippen LogP contribution in [0.15, 0.2) is 23.1 Å². The van der Waals surface area contributed by atoms with Gasteiger partial charge in [-0.1, -0.05) is 6.42 Å². The van der Waals surface area contributed by atoms with E-state index in [1.807, 2.05) is 19.0 Å². The lowest BCUT2D eigenvalue weighted by molar-refractivity contribution is -0.117. The highest BCUT2D eigenvalue weighted by atomic mass is 32.2. The van der Waals surface area contributed by atoms with Crippen molar-refractivity contribution < 1.29 is 13.2 Å². The van der Waals surface area contributed by atoms with Gasteiger partial charge in [-0.25, -0.2) is 13.6 Å². The van der Waals surface area contributed by atoms with Crippen LogP contribution in [0.4, 0.5) is 11.4 Å². The molecule has 24 heavy (non-hydrogen) atoms. The molecule has 0 aliphatic heterocycles. The van der Waals surface area contributed by atoms with E-state index >= 15 is 0 Å². The fourth-order valence-electron chi connectivity index (χ4n) is 4.25. The van der Waals surface area contributed by atoms with Crippen LogP contribution in [-0.4, -0.2) is 28.4 Å². The molecule has 3 unspecified atom stereocenters. The van der Waals surface area contributed by atoms with Crippen LogP contribution in [0.25, 0.3) is 0 Å². The molecule has 0 radical (unpaired) electrons. The number of sulfonamides is 1. The van der Waals surface area contributed by atoms with Crippen molar-refractivity contribution in [2.45, 2.75) is 37.0 Å². The van der Waals surface area contributed by atoms with Crippen LogP contribution in [-0.2, 0) is 14.8 Å². The molecule has 1 aromatic carbocycles. The summed E-state index contributed by atoms with van der Waals surface area (Å²) < 4.78 is 23.1. The van der Waals surface area contributed by atoms with Crippen molar-refractivity contribution >= 4 is 27.3 Å². The lowest BCUT2D eigenvalue weighted by Crippen LogP contribution is -2.22. The number of anilines is 2. The van der Waals surface area contributed by atoms with Crippen LogP contribution < -0.4 is 15.4 Å². The van der Waals surface area contributed by atoms with E-state index in [4.69, 9.17) is 5.14 Å². The summed E-state index contributed by atoms with van der Waals surface area (Å²) in [7, 11) is -0.113. The van der Waals surface area contributed by atoms with Gasteiger partial charge in [-0.15, -0.1) is 0 Å². The Balaban J connectivity index is 1.76. The largest absolute Gasteiger partial charge is 0.376 e. The van der Waals surface area contributed by atoms with Crippen LogP contribution in [0.3, 0.4) is 0 Å². The van der Waals surface area contributed by atoms with Crippen LogP contribution in [0, 0.1) is 17.8 Å². The topological polar surface area (TPSA) is 92.5 Å². The number of benzene rings is 1. The lowest BCUT2D eigenvalue weighted by atomic mass is 9.86. The van der Waals surface area contributed by atoms with Crippen molar-refractivity contribution in [2.75, 3.05) is 24.3 Å². The molecule has 2 aliphatic rings. The maximum atomic E-state index is 12.5. The second-order valence-corrected chi connectivity index (χ2v) is 8.87. The lowest BCUT2D eigenvalue weighted by Gasteiger charge is -2.22. The Labute approximate surface area is 143 Å². The smallest absolute Gasteiger partial charge is 0.238 e. The molecule has 132 valence electrons. The molecule has 1 amide bonds. The third-order valence-corrected chi connectivity index (χ3v) is 6.30. The molecule has 0 heterocycles. The first-order valence-corrected chi connectivity index (χ1v) is 9.92. The summed E-state index contributed by atoms with van der Waals surface area (Å²) >= 11 is 0. The number of hydrogen-bond acceptors (Lipinski definition) is 4. The molecule has 2 saturated carbocycles. The van der Waals surface area contributed by atoms with Crippen LogP contribution in [0.1, 0.15) is 32.1 Å². The molecule has 2 bridgehead atoms. The highest BCUT2D eigenvalue weighted by molar-refractivity contribution is 7.89. The maximum absolute atomic E-state index is 12.5. The SMILES string of the molecule is CN(C)c1ccc(S(N)(=O)=O)cc1NC(=O)CC1CC2CCC1C2. The minimum atomic E-state index is -3.80.